The third kappa shape index (κ3) is 0.800. The van der Waals surface area contributed by atoms with Crippen molar-refractivity contribution in [3.8, 4) is 0 Å². The van der Waals surface area contributed by atoms with Crippen LogP contribution >= 0.6 is 0 Å². The summed E-state index contributed by atoms with van der Waals surface area (Å²) in [6.45, 7) is 5.06. The van der Waals surface area contributed by atoms with Gasteiger partial charge in [-0.1, -0.05) is 13.3 Å². The molecule has 1 nitrogen and oxygen atoms in total. The molecule has 2 fully saturated rings. The zero-order valence-corrected chi connectivity index (χ0v) is 7.06. The van der Waals surface area contributed by atoms with Crippen molar-refractivity contribution in [2.24, 2.45) is 11.3 Å². The van der Waals surface area contributed by atoms with Crippen LogP contribution in [0.3, 0.4) is 0 Å². The van der Waals surface area contributed by atoms with Gasteiger partial charge in [0.15, 0.2) is 0 Å². The van der Waals surface area contributed by atoms with Crippen molar-refractivity contribution < 1.29 is 0 Å². The van der Waals surface area contributed by atoms with Gasteiger partial charge in [0.25, 0.3) is 0 Å². The second-order valence-corrected chi connectivity index (χ2v) is 4.13. The van der Waals surface area contributed by atoms with E-state index in [2.05, 4.69) is 18.9 Å². The molecule has 2 rings (SSSR count). The quantitative estimate of drug-likeness (QED) is 0.535. The average molecular weight is 139 g/mol. The first kappa shape index (κ1) is 6.66. The first-order chi connectivity index (χ1) is 4.77. The van der Waals surface area contributed by atoms with Crippen LogP contribution in [-0.2, 0) is 0 Å². The lowest BCUT2D eigenvalue weighted by Crippen LogP contribution is -2.31. The van der Waals surface area contributed by atoms with Crippen LogP contribution in [0, 0.1) is 11.3 Å². The van der Waals surface area contributed by atoms with Crippen LogP contribution in [-0.4, -0.2) is 25.0 Å². The van der Waals surface area contributed by atoms with Crippen molar-refractivity contribution >= 4 is 0 Å². The average Bonchev–Trinajstić information content (AvgIpc) is 2.62. The van der Waals surface area contributed by atoms with Gasteiger partial charge in [0.05, 0.1) is 0 Å². The van der Waals surface area contributed by atoms with E-state index < -0.39 is 0 Å². The van der Waals surface area contributed by atoms with Gasteiger partial charge in [0, 0.05) is 6.54 Å². The van der Waals surface area contributed by atoms with Crippen LogP contribution in [0.5, 0.6) is 0 Å². The number of rotatable bonds is 1. The summed E-state index contributed by atoms with van der Waals surface area (Å²) in [6, 6.07) is 0. The van der Waals surface area contributed by atoms with Gasteiger partial charge in [-0.2, -0.15) is 0 Å². The molecular formula is C9H17N. The van der Waals surface area contributed by atoms with Gasteiger partial charge in [-0.25, -0.2) is 0 Å². The molecule has 0 radical (unpaired) electrons. The van der Waals surface area contributed by atoms with Crippen molar-refractivity contribution in [1.29, 1.82) is 0 Å². The lowest BCUT2D eigenvalue weighted by Gasteiger charge is -2.27. The number of nitrogens with zero attached hydrogens (tertiary/aromatic N) is 1. The largest absolute Gasteiger partial charge is 0.306 e. The molecule has 0 amide bonds. The lowest BCUT2D eigenvalue weighted by molar-refractivity contribution is 0.207. The zero-order valence-electron chi connectivity index (χ0n) is 7.06. The third-order valence-corrected chi connectivity index (χ3v) is 3.59. The van der Waals surface area contributed by atoms with E-state index in [1.807, 2.05) is 0 Å². The highest BCUT2D eigenvalue weighted by Gasteiger charge is 2.54. The van der Waals surface area contributed by atoms with Crippen LogP contribution in [0.4, 0.5) is 0 Å². The SMILES string of the molecule is CCC12CCN(C)CC1C2. The highest BCUT2D eigenvalue weighted by Crippen LogP contribution is 2.59. The molecule has 1 saturated carbocycles. The standard InChI is InChI=1S/C9H17N/c1-3-9-4-5-10(2)7-8(9)6-9/h8H,3-7H2,1-2H3. The summed E-state index contributed by atoms with van der Waals surface area (Å²) in [5.41, 5.74) is 0.826. The Balaban J connectivity index is 1.98. The Morgan fingerprint density at radius 2 is 2.40 bits per heavy atom. The third-order valence-electron chi connectivity index (χ3n) is 3.59. The number of likely N-dealkylation sites (tertiary alicyclic amines) is 1. The fourth-order valence-electron chi connectivity index (χ4n) is 2.49. The van der Waals surface area contributed by atoms with E-state index >= 15 is 0 Å². The summed E-state index contributed by atoms with van der Waals surface area (Å²) in [7, 11) is 2.25. The van der Waals surface area contributed by atoms with Crippen LogP contribution in [0.2, 0.25) is 0 Å². The van der Waals surface area contributed by atoms with Crippen LogP contribution < -0.4 is 0 Å². The van der Waals surface area contributed by atoms with Crippen molar-refractivity contribution in [2.75, 3.05) is 20.1 Å². The van der Waals surface area contributed by atoms with Gasteiger partial charge in [-0.3, -0.25) is 0 Å². The van der Waals surface area contributed by atoms with E-state index in [-0.39, 0.29) is 0 Å². The van der Waals surface area contributed by atoms with E-state index in [1.165, 1.54) is 32.4 Å². The Hall–Kier alpha value is -0.0400. The van der Waals surface area contributed by atoms with E-state index in [9.17, 15) is 0 Å². The maximum absolute atomic E-state index is 2.48. The number of hydrogen-bond donors (Lipinski definition) is 0. The Kier molecular flexibility index (Phi) is 1.31. The summed E-state index contributed by atoms with van der Waals surface area (Å²) in [4.78, 5) is 2.48. The molecule has 2 atom stereocenters. The van der Waals surface area contributed by atoms with Gasteiger partial charge in [-0.05, 0) is 37.8 Å². The minimum Gasteiger partial charge on any atom is -0.306 e. The second-order valence-electron chi connectivity index (χ2n) is 4.13. The van der Waals surface area contributed by atoms with Gasteiger partial charge in [0.2, 0.25) is 0 Å². The zero-order chi connectivity index (χ0) is 7.19. The molecule has 0 aromatic rings. The Morgan fingerprint density at radius 3 is 3.00 bits per heavy atom. The van der Waals surface area contributed by atoms with Crippen LogP contribution in [0.15, 0.2) is 0 Å². The molecule has 2 aliphatic rings. The minimum atomic E-state index is 0.826. The Morgan fingerprint density at radius 1 is 1.60 bits per heavy atom. The number of hydrogen-bond acceptors (Lipinski definition) is 1. The van der Waals surface area contributed by atoms with Crippen molar-refractivity contribution in [1.82, 2.24) is 4.90 Å². The molecule has 10 heavy (non-hydrogen) atoms. The molecule has 0 spiro atoms. The van der Waals surface area contributed by atoms with Crippen molar-refractivity contribution in [3.63, 3.8) is 0 Å². The predicted octanol–water partition coefficient (Wildman–Crippen LogP) is 1.74. The molecule has 1 aliphatic heterocycles. The van der Waals surface area contributed by atoms with E-state index in [0.29, 0.717) is 0 Å². The maximum atomic E-state index is 2.48. The highest BCUT2D eigenvalue weighted by molar-refractivity contribution is 5.05. The highest BCUT2D eigenvalue weighted by atomic mass is 15.1. The van der Waals surface area contributed by atoms with Crippen molar-refractivity contribution in [2.45, 2.75) is 26.2 Å². The second kappa shape index (κ2) is 1.97. The monoisotopic (exact) mass is 139 g/mol. The maximum Gasteiger partial charge on any atom is 0.00121 e. The fraction of sp³-hybridized carbons (Fsp3) is 1.00. The molecule has 58 valence electrons. The van der Waals surface area contributed by atoms with E-state index in [1.54, 1.807) is 0 Å². The molecule has 1 heterocycles. The van der Waals surface area contributed by atoms with Crippen molar-refractivity contribution in [3.05, 3.63) is 0 Å². The topological polar surface area (TPSA) is 3.24 Å². The molecule has 1 saturated heterocycles. The van der Waals surface area contributed by atoms with E-state index in [4.69, 9.17) is 0 Å². The molecule has 1 aliphatic carbocycles. The lowest BCUT2D eigenvalue weighted by atomic mass is 9.93. The first-order valence-electron chi connectivity index (χ1n) is 4.45. The minimum absolute atomic E-state index is 0.826. The molecule has 0 bridgehead atoms. The first-order valence-corrected chi connectivity index (χ1v) is 4.45. The molecule has 0 aromatic carbocycles. The Bertz CT molecular complexity index is 144. The Labute approximate surface area is 63.4 Å². The molecule has 0 aromatic heterocycles. The normalized spacial score (nSPS) is 46.8. The van der Waals surface area contributed by atoms with Crippen LogP contribution in [0.1, 0.15) is 26.2 Å². The molecule has 2 unspecified atom stereocenters. The summed E-state index contributed by atoms with van der Waals surface area (Å²) in [5.74, 6) is 1.07. The van der Waals surface area contributed by atoms with Gasteiger partial charge in [-0.15, -0.1) is 0 Å². The molecule has 1 heteroatoms. The van der Waals surface area contributed by atoms with Gasteiger partial charge < -0.3 is 4.90 Å². The predicted molar refractivity (Wildman–Crippen MR) is 42.9 cm³/mol. The molecular weight excluding hydrogens is 122 g/mol. The van der Waals surface area contributed by atoms with Crippen LogP contribution in [0.25, 0.3) is 0 Å². The summed E-state index contributed by atoms with van der Waals surface area (Å²) in [6.07, 6.45) is 4.41. The summed E-state index contributed by atoms with van der Waals surface area (Å²) < 4.78 is 0. The summed E-state index contributed by atoms with van der Waals surface area (Å²) in [5, 5.41) is 0. The van der Waals surface area contributed by atoms with Gasteiger partial charge in [0.1, 0.15) is 0 Å². The molecule has 0 N–H and O–H groups in total. The van der Waals surface area contributed by atoms with Gasteiger partial charge >= 0.3 is 0 Å². The fourth-order valence-corrected chi connectivity index (χ4v) is 2.49. The van der Waals surface area contributed by atoms with E-state index in [0.717, 1.165) is 11.3 Å². The number of fused-ring (bicyclic) bond motifs is 1. The summed E-state index contributed by atoms with van der Waals surface area (Å²) >= 11 is 0. The smallest absolute Gasteiger partial charge is 0.00121 e. The number of piperidine rings is 1.